The molecular weight excluding hydrogens is 268 g/mol. The SMILES string of the molecule is CCc1nn(C)cc1C1C[C@@H](O)c2cc(OC)ccc2O1. The minimum atomic E-state index is -0.557. The van der Waals surface area contributed by atoms with E-state index in [1.807, 2.05) is 31.4 Å². The van der Waals surface area contributed by atoms with Crippen LogP contribution in [-0.4, -0.2) is 22.0 Å². The Morgan fingerprint density at radius 3 is 2.95 bits per heavy atom. The van der Waals surface area contributed by atoms with E-state index in [9.17, 15) is 5.11 Å². The van der Waals surface area contributed by atoms with E-state index in [0.29, 0.717) is 12.2 Å². The molecule has 21 heavy (non-hydrogen) atoms. The van der Waals surface area contributed by atoms with Gasteiger partial charge in [-0.2, -0.15) is 5.10 Å². The van der Waals surface area contributed by atoms with Crippen LogP contribution in [0.25, 0.3) is 0 Å². The number of hydrogen-bond acceptors (Lipinski definition) is 4. The molecule has 0 fully saturated rings. The van der Waals surface area contributed by atoms with Crippen LogP contribution in [0.1, 0.15) is 42.4 Å². The van der Waals surface area contributed by atoms with Crippen molar-refractivity contribution in [3.05, 3.63) is 41.2 Å². The molecule has 0 aliphatic carbocycles. The van der Waals surface area contributed by atoms with Gasteiger partial charge in [0.15, 0.2) is 0 Å². The molecule has 3 rings (SSSR count). The number of ether oxygens (including phenoxy) is 2. The number of fused-ring (bicyclic) bond motifs is 1. The van der Waals surface area contributed by atoms with E-state index in [4.69, 9.17) is 9.47 Å². The van der Waals surface area contributed by atoms with Crippen LogP contribution in [0.3, 0.4) is 0 Å². The maximum absolute atomic E-state index is 10.4. The third kappa shape index (κ3) is 2.49. The lowest BCUT2D eigenvalue weighted by molar-refractivity contribution is 0.0650. The summed E-state index contributed by atoms with van der Waals surface area (Å²) in [5.74, 6) is 1.44. The van der Waals surface area contributed by atoms with E-state index in [1.54, 1.807) is 11.8 Å². The molecule has 0 bridgehead atoms. The van der Waals surface area contributed by atoms with Crippen LogP contribution >= 0.6 is 0 Å². The van der Waals surface area contributed by atoms with E-state index in [1.165, 1.54) is 0 Å². The number of aliphatic hydroxyl groups excluding tert-OH is 1. The Balaban J connectivity index is 1.94. The Labute approximate surface area is 124 Å². The normalized spacial score (nSPS) is 20.8. The number of methoxy groups -OCH3 is 1. The van der Waals surface area contributed by atoms with Crippen LogP contribution in [0, 0.1) is 0 Å². The molecule has 2 aromatic rings. The summed E-state index contributed by atoms with van der Waals surface area (Å²) in [7, 11) is 3.52. The molecule has 1 aromatic heterocycles. The highest BCUT2D eigenvalue weighted by Crippen LogP contribution is 2.42. The fourth-order valence-electron chi connectivity index (χ4n) is 2.84. The van der Waals surface area contributed by atoms with E-state index in [2.05, 4.69) is 12.0 Å². The van der Waals surface area contributed by atoms with Gasteiger partial charge in [0.25, 0.3) is 0 Å². The number of benzene rings is 1. The number of aliphatic hydroxyl groups is 1. The number of nitrogens with zero attached hydrogens (tertiary/aromatic N) is 2. The van der Waals surface area contributed by atoms with Crippen molar-refractivity contribution in [1.82, 2.24) is 9.78 Å². The van der Waals surface area contributed by atoms with Crippen LogP contribution in [0.2, 0.25) is 0 Å². The Bertz CT molecular complexity index is 651. The van der Waals surface area contributed by atoms with Gasteiger partial charge in [0.2, 0.25) is 0 Å². The molecule has 1 aliphatic heterocycles. The van der Waals surface area contributed by atoms with Gasteiger partial charge in [-0.1, -0.05) is 6.92 Å². The highest BCUT2D eigenvalue weighted by atomic mass is 16.5. The van der Waals surface area contributed by atoms with Gasteiger partial charge in [-0.25, -0.2) is 0 Å². The second kappa shape index (κ2) is 5.41. The number of rotatable bonds is 3. The van der Waals surface area contributed by atoms with E-state index in [-0.39, 0.29) is 6.10 Å². The van der Waals surface area contributed by atoms with Crippen molar-refractivity contribution in [3.8, 4) is 11.5 Å². The molecule has 1 unspecified atom stereocenters. The summed E-state index contributed by atoms with van der Waals surface area (Å²) < 4.78 is 13.1. The van der Waals surface area contributed by atoms with Crippen molar-refractivity contribution in [2.75, 3.05) is 7.11 Å². The molecule has 0 saturated carbocycles. The molecule has 1 aliphatic rings. The minimum Gasteiger partial charge on any atom is -0.497 e. The summed E-state index contributed by atoms with van der Waals surface area (Å²) in [6, 6.07) is 5.53. The van der Waals surface area contributed by atoms with Gasteiger partial charge in [0, 0.05) is 30.8 Å². The van der Waals surface area contributed by atoms with E-state index in [0.717, 1.165) is 29.0 Å². The van der Waals surface area contributed by atoms with Crippen molar-refractivity contribution in [2.45, 2.75) is 32.0 Å². The lowest BCUT2D eigenvalue weighted by Crippen LogP contribution is -2.19. The molecule has 5 heteroatoms. The molecule has 1 N–H and O–H groups in total. The van der Waals surface area contributed by atoms with Crippen molar-refractivity contribution in [3.63, 3.8) is 0 Å². The molecule has 5 nitrogen and oxygen atoms in total. The maximum atomic E-state index is 10.4. The number of aromatic nitrogens is 2. The second-order valence-electron chi connectivity index (χ2n) is 5.32. The maximum Gasteiger partial charge on any atom is 0.130 e. The lowest BCUT2D eigenvalue weighted by atomic mass is 9.94. The number of hydrogen-bond donors (Lipinski definition) is 1. The standard InChI is InChI=1S/C16H20N2O3/c1-4-13-12(9-18(2)17-13)16-8-14(19)11-7-10(20-3)5-6-15(11)21-16/h5-7,9,14,16,19H,4,8H2,1-3H3/t14-,16?/m1/s1. The van der Waals surface area contributed by atoms with Crippen molar-refractivity contribution < 1.29 is 14.6 Å². The largest absolute Gasteiger partial charge is 0.497 e. The monoisotopic (exact) mass is 288 g/mol. The molecule has 1 aromatic carbocycles. The average molecular weight is 288 g/mol. The molecule has 2 heterocycles. The van der Waals surface area contributed by atoms with Gasteiger partial charge >= 0.3 is 0 Å². The molecule has 0 spiro atoms. The first-order chi connectivity index (χ1) is 10.1. The summed E-state index contributed by atoms with van der Waals surface area (Å²) in [6.07, 6.45) is 2.63. The minimum absolute atomic E-state index is 0.162. The summed E-state index contributed by atoms with van der Waals surface area (Å²) in [5, 5.41) is 14.9. The first kappa shape index (κ1) is 13.9. The van der Waals surface area contributed by atoms with Gasteiger partial charge in [-0.15, -0.1) is 0 Å². The number of aryl methyl sites for hydroxylation is 2. The zero-order valence-electron chi connectivity index (χ0n) is 12.5. The Hall–Kier alpha value is -2.01. The molecule has 2 atom stereocenters. The van der Waals surface area contributed by atoms with Gasteiger partial charge < -0.3 is 14.6 Å². The highest BCUT2D eigenvalue weighted by Gasteiger charge is 2.30. The zero-order valence-corrected chi connectivity index (χ0v) is 12.5. The Morgan fingerprint density at radius 1 is 1.43 bits per heavy atom. The van der Waals surface area contributed by atoms with Crippen LogP contribution in [0.15, 0.2) is 24.4 Å². The highest BCUT2D eigenvalue weighted by molar-refractivity contribution is 5.44. The van der Waals surface area contributed by atoms with Crippen molar-refractivity contribution in [2.24, 2.45) is 7.05 Å². The topological polar surface area (TPSA) is 56.5 Å². The summed E-state index contributed by atoms with van der Waals surface area (Å²) in [6.45, 7) is 2.07. The molecule has 112 valence electrons. The van der Waals surface area contributed by atoms with Gasteiger partial charge in [-0.05, 0) is 24.6 Å². The first-order valence-corrected chi connectivity index (χ1v) is 7.17. The summed E-state index contributed by atoms with van der Waals surface area (Å²) in [4.78, 5) is 0. The Kier molecular flexibility index (Phi) is 3.59. The zero-order chi connectivity index (χ0) is 15.0. The second-order valence-corrected chi connectivity index (χ2v) is 5.32. The predicted octanol–water partition coefficient (Wildman–Crippen LogP) is 2.55. The van der Waals surface area contributed by atoms with Crippen LogP contribution < -0.4 is 9.47 Å². The van der Waals surface area contributed by atoms with Gasteiger partial charge in [0.05, 0.1) is 18.9 Å². The van der Waals surface area contributed by atoms with Crippen LogP contribution in [0.4, 0.5) is 0 Å². The molecule has 0 saturated heterocycles. The Morgan fingerprint density at radius 2 is 2.24 bits per heavy atom. The first-order valence-electron chi connectivity index (χ1n) is 7.17. The summed E-state index contributed by atoms with van der Waals surface area (Å²) >= 11 is 0. The van der Waals surface area contributed by atoms with Crippen LogP contribution in [0.5, 0.6) is 11.5 Å². The van der Waals surface area contributed by atoms with E-state index < -0.39 is 6.10 Å². The molecular formula is C16H20N2O3. The van der Waals surface area contributed by atoms with Crippen molar-refractivity contribution >= 4 is 0 Å². The lowest BCUT2D eigenvalue weighted by Gasteiger charge is -2.29. The van der Waals surface area contributed by atoms with Crippen LogP contribution in [-0.2, 0) is 13.5 Å². The molecule has 0 radical (unpaired) electrons. The van der Waals surface area contributed by atoms with Gasteiger partial charge in [-0.3, -0.25) is 4.68 Å². The summed E-state index contributed by atoms with van der Waals surface area (Å²) in [5.41, 5.74) is 2.86. The third-order valence-electron chi connectivity index (χ3n) is 3.90. The average Bonchev–Trinajstić information content (AvgIpc) is 2.88. The molecule has 0 amide bonds. The predicted molar refractivity (Wildman–Crippen MR) is 78.5 cm³/mol. The third-order valence-corrected chi connectivity index (χ3v) is 3.90. The van der Waals surface area contributed by atoms with Crippen molar-refractivity contribution in [1.29, 1.82) is 0 Å². The smallest absolute Gasteiger partial charge is 0.130 e. The van der Waals surface area contributed by atoms with Gasteiger partial charge in [0.1, 0.15) is 17.6 Å². The fourth-order valence-corrected chi connectivity index (χ4v) is 2.84. The van der Waals surface area contributed by atoms with E-state index >= 15 is 0 Å². The quantitative estimate of drug-likeness (QED) is 0.943. The fraction of sp³-hybridized carbons (Fsp3) is 0.438.